The standard InChI is InChI=1S/C12H20N4OS/c1-4-15-8-6-14-11(12(15)17)16(9(2)3)7-5-10(13)18/h6,8-9H,4-5,7H2,1-3H3,(H2,13,18). The van der Waals surface area contributed by atoms with Gasteiger partial charge in [0.25, 0.3) is 5.56 Å². The molecule has 1 aromatic rings. The van der Waals surface area contributed by atoms with Gasteiger partial charge in [-0.2, -0.15) is 0 Å². The molecule has 0 atom stereocenters. The Balaban J connectivity index is 3.06. The van der Waals surface area contributed by atoms with Crippen LogP contribution in [0.4, 0.5) is 5.82 Å². The molecular weight excluding hydrogens is 248 g/mol. The second-order valence-electron chi connectivity index (χ2n) is 4.35. The Morgan fingerprint density at radius 1 is 1.61 bits per heavy atom. The van der Waals surface area contributed by atoms with Gasteiger partial charge >= 0.3 is 0 Å². The summed E-state index contributed by atoms with van der Waals surface area (Å²) >= 11 is 4.88. The molecule has 0 fully saturated rings. The van der Waals surface area contributed by atoms with Crippen LogP contribution in [0, 0.1) is 0 Å². The number of aromatic nitrogens is 2. The van der Waals surface area contributed by atoms with Crippen molar-refractivity contribution in [3.63, 3.8) is 0 Å². The van der Waals surface area contributed by atoms with Gasteiger partial charge in [-0.3, -0.25) is 4.79 Å². The van der Waals surface area contributed by atoms with Crippen molar-refractivity contribution in [1.29, 1.82) is 0 Å². The van der Waals surface area contributed by atoms with Crippen LogP contribution in [0.25, 0.3) is 0 Å². The maximum atomic E-state index is 12.2. The number of aryl methyl sites for hydroxylation is 1. The Bertz CT molecular complexity index is 469. The molecule has 0 aliphatic rings. The summed E-state index contributed by atoms with van der Waals surface area (Å²) < 4.78 is 1.64. The van der Waals surface area contributed by atoms with E-state index in [9.17, 15) is 4.79 Å². The fourth-order valence-electron chi connectivity index (χ4n) is 1.72. The average molecular weight is 268 g/mol. The highest BCUT2D eigenvalue weighted by atomic mass is 32.1. The zero-order valence-corrected chi connectivity index (χ0v) is 11.9. The Morgan fingerprint density at radius 2 is 2.28 bits per heavy atom. The van der Waals surface area contributed by atoms with E-state index >= 15 is 0 Å². The highest BCUT2D eigenvalue weighted by molar-refractivity contribution is 7.80. The van der Waals surface area contributed by atoms with Crippen molar-refractivity contribution in [2.45, 2.75) is 39.8 Å². The van der Waals surface area contributed by atoms with Crippen LogP contribution >= 0.6 is 12.2 Å². The minimum atomic E-state index is -0.0726. The summed E-state index contributed by atoms with van der Waals surface area (Å²) in [5, 5.41) is 0. The summed E-state index contributed by atoms with van der Waals surface area (Å²) in [6.07, 6.45) is 3.92. The van der Waals surface area contributed by atoms with Crippen molar-refractivity contribution in [2.24, 2.45) is 5.73 Å². The van der Waals surface area contributed by atoms with E-state index in [2.05, 4.69) is 4.98 Å². The van der Waals surface area contributed by atoms with Crippen molar-refractivity contribution in [3.8, 4) is 0 Å². The molecule has 0 amide bonds. The molecule has 0 radical (unpaired) electrons. The first kappa shape index (κ1) is 14.6. The molecule has 6 heteroatoms. The third-order valence-corrected chi connectivity index (χ3v) is 2.93. The Labute approximate surface area is 113 Å². The lowest BCUT2D eigenvalue weighted by molar-refractivity contribution is 0.652. The van der Waals surface area contributed by atoms with Gasteiger partial charge in [-0.05, 0) is 20.8 Å². The van der Waals surface area contributed by atoms with Crippen LogP contribution in [0.5, 0.6) is 0 Å². The quantitative estimate of drug-likeness (QED) is 0.784. The number of hydrogen-bond donors (Lipinski definition) is 1. The van der Waals surface area contributed by atoms with Gasteiger partial charge in [0.2, 0.25) is 0 Å². The Morgan fingerprint density at radius 3 is 2.78 bits per heavy atom. The van der Waals surface area contributed by atoms with E-state index in [4.69, 9.17) is 18.0 Å². The first-order valence-electron chi connectivity index (χ1n) is 6.07. The summed E-state index contributed by atoms with van der Waals surface area (Å²) in [4.78, 5) is 18.8. The summed E-state index contributed by atoms with van der Waals surface area (Å²) in [5.74, 6) is 0.464. The van der Waals surface area contributed by atoms with Crippen molar-refractivity contribution in [3.05, 3.63) is 22.7 Å². The van der Waals surface area contributed by atoms with Crippen molar-refractivity contribution < 1.29 is 0 Å². The first-order valence-corrected chi connectivity index (χ1v) is 6.48. The van der Waals surface area contributed by atoms with Crippen molar-refractivity contribution >= 4 is 23.0 Å². The van der Waals surface area contributed by atoms with Gasteiger partial charge in [-0.25, -0.2) is 4.98 Å². The van der Waals surface area contributed by atoms with E-state index in [0.717, 1.165) is 0 Å². The molecule has 0 aliphatic carbocycles. The molecule has 100 valence electrons. The highest BCUT2D eigenvalue weighted by Crippen LogP contribution is 2.09. The zero-order valence-electron chi connectivity index (χ0n) is 11.1. The van der Waals surface area contributed by atoms with Crippen LogP contribution in [-0.4, -0.2) is 27.1 Å². The summed E-state index contributed by atoms with van der Waals surface area (Å²) in [6.45, 7) is 7.21. The fourth-order valence-corrected chi connectivity index (χ4v) is 1.81. The van der Waals surface area contributed by atoms with E-state index in [1.165, 1.54) is 0 Å². The molecular formula is C12H20N4OS. The van der Waals surface area contributed by atoms with E-state index in [1.807, 2.05) is 25.7 Å². The maximum Gasteiger partial charge on any atom is 0.293 e. The third kappa shape index (κ3) is 3.53. The molecule has 18 heavy (non-hydrogen) atoms. The summed E-state index contributed by atoms with van der Waals surface area (Å²) in [5.41, 5.74) is 5.44. The SMILES string of the molecule is CCn1ccnc(N(CCC(N)=S)C(C)C)c1=O. The van der Waals surface area contributed by atoms with Crippen LogP contribution < -0.4 is 16.2 Å². The average Bonchev–Trinajstić information content (AvgIpc) is 2.30. The smallest absolute Gasteiger partial charge is 0.293 e. The number of hydrogen-bond acceptors (Lipinski definition) is 4. The van der Waals surface area contributed by atoms with Crippen molar-refractivity contribution in [2.75, 3.05) is 11.4 Å². The number of nitrogens with two attached hydrogens (primary N) is 1. The molecule has 1 heterocycles. The molecule has 5 nitrogen and oxygen atoms in total. The van der Waals surface area contributed by atoms with Gasteiger partial charge in [-0.15, -0.1) is 0 Å². The van der Waals surface area contributed by atoms with E-state index < -0.39 is 0 Å². The monoisotopic (exact) mass is 268 g/mol. The van der Waals surface area contributed by atoms with Gasteiger partial charge in [0.1, 0.15) is 0 Å². The second-order valence-corrected chi connectivity index (χ2v) is 4.87. The van der Waals surface area contributed by atoms with Gasteiger partial charge in [0.05, 0.1) is 4.99 Å². The molecule has 0 unspecified atom stereocenters. The lowest BCUT2D eigenvalue weighted by atomic mass is 10.3. The van der Waals surface area contributed by atoms with Crippen molar-refractivity contribution in [1.82, 2.24) is 9.55 Å². The number of nitrogens with zero attached hydrogens (tertiary/aromatic N) is 3. The molecule has 0 aliphatic heterocycles. The molecule has 0 bridgehead atoms. The molecule has 1 aromatic heterocycles. The molecule has 2 N–H and O–H groups in total. The molecule has 1 rings (SSSR count). The van der Waals surface area contributed by atoms with Gasteiger partial charge in [0, 0.05) is 37.9 Å². The zero-order chi connectivity index (χ0) is 13.7. The number of rotatable bonds is 6. The first-order chi connectivity index (χ1) is 8.47. The van der Waals surface area contributed by atoms with Crippen LogP contribution in [0.2, 0.25) is 0 Å². The second kappa shape index (κ2) is 6.49. The minimum Gasteiger partial charge on any atom is -0.393 e. The van der Waals surface area contributed by atoms with Crippen LogP contribution in [-0.2, 0) is 6.54 Å². The third-order valence-electron chi connectivity index (χ3n) is 2.73. The molecule has 0 aromatic carbocycles. The summed E-state index contributed by atoms with van der Waals surface area (Å²) in [7, 11) is 0. The van der Waals surface area contributed by atoms with Crippen LogP contribution in [0.15, 0.2) is 17.2 Å². The highest BCUT2D eigenvalue weighted by Gasteiger charge is 2.16. The lowest BCUT2D eigenvalue weighted by Gasteiger charge is -2.27. The molecule has 0 saturated heterocycles. The van der Waals surface area contributed by atoms with E-state index in [1.54, 1.807) is 17.0 Å². The number of thiocarbonyl (C=S) groups is 1. The van der Waals surface area contributed by atoms with Gasteiger partial charge in [-0.1, -0.05) is 12.2 Å². The van der Waals surface area contributed by atoms with E-state index in [-0.39, 0.29) is 11.6 Å². The number of anilines is 1. The normalized spacial score (nSPS) is 10.7. The fraction of sp³-hybridized carbons (Fsp3) is 0.583. The molecule has 0 spiro atoms. The van der Waals surface area contributed by atoms with Gasteiger partial charge in [0.15, 0.2) is 5.82 Å². The summed E-state index contributed by atoms with van der Waals surface area (Å²) in [6, 6.07) is 0.173. The van der Waals surface area contributed by atoms with E-state index in [0.29, 0.717) is 30.3 Å². The predicted octanol–water partition coefficient (Wildman–Crippen LogP) is 1.15. The van der Waals surface area contributed by atoms with Crippen LogP contribution in [0.1, 0.15) is 27.2 Å². The van der Waals surface area contributed by atoms with Gasteiger partial charge < -0.3 is 15.2 Å². The lowest BCUT2D eigenvalue weighted by Crippen LogP contribution is -2.39. The topological polar surface area (TPSA) is 64.2 Å². The largest absolute Gasteiger partial charge is 0.393 e. The Kier molecular flexibility index (Phi) is 5.27. The Hall–Kier alpha value is -1.43. The maximum absolute atomic E-state index is 12.2. The molecule has 0 saturated carbocycles. The van der Waals surface area contributed by atoms with Crippen LogP contribution in [0.3, 0.4) is 0 Å². The predicted molar refractivity (Wildman–Crippen MR) is 78.1 cm³/mol. The minimum absolute atomic E-state index is 0.0726.